The van der Waals surface area contributed by atoms with E-state index in [4.69, 9.17) is 4.74 Å². The third-order valence-electron chi connectivity index (χ3n) is 5.00. The second kappa shape index (κ2) is 6.36. The Hall–Kier alpha value is -0.120. The summed E-state index contributed by atoms with van der Waals surface area (Å²) in [5.41, 5.74) is 0.189. The van der Waals surface area contributed by atoms with Gasteiger partial charge in [0.1, 0.15) is 0 Å². The summed E-state index contributed by atoms with van der Waals surface area (Å²) in [5, 5.41) is 9.81. The van der Waals surface area contributed by atoms with E-state index < -0.39 is 0 Å². The maximum absolute atomic E-state index is 9.81. The molecule has 1 aliphatic carbocycles. The lowest BCUT2D eigenvalue weighted by Gasteiger charge is -2.40. The second-order valence-corrected chi connectivity index (χ2v) is 6.69. The Morgan fingerprint density at radius 3 is 2.61 bits per heavy atom. The van der Waals surface area contributed by atoms with Crippen molar-refractivity contribution in [1.29, 1.82) is 0 Å². The number of rotatable bonds is 5. The van der Waals surface area contributed by atoms with Gasteiger partial charge >= 0.3 is 0 Å². The highest BCUT2D eigenvalue weighted by molar-refractivity contribution is 4.89. The molecule has 2 aliphatic rings. The van der Waals surface area contributed by atoms with Gasteiger partial charge in [-0.2, -0.15) is 0 Å². The quantitative estimate of drug-likeness (QED) is 0.817. The molecule has 1 unspecified atom stereocenters. The average Bonchev–Trinajstić information content (AvgIpc) is 2.80. The molecule has 18 heavy (non-hydrogen) atoms. The molecule has 0 amide bonds. The summed E-state index contributed by atoms with van der Waals surface area (Å²) < 4.78 is 5.25. The van der Waals surface area contributed by atoms with E-state index in [1.807, 2.05) is 0 Å². The van der Waals surface area contributed by atoms with E-state index in [1.54, 1.807) is 7.11 Å². The summed E-state index contributed by atoms with van der Waals surface area (Å²) in [6.45, 7) is 7.03. The zero-order valence-electron chi connectivity index (χ0n) is 12.0. The van der Waals surface area contributed by atoms with Gasteiger partial charge in [-0.25, -0.2) is 0 Å². The molecule has 1 aliphatic heterocycles. The van der Waals surface area contributed by atoms with Crippen LogP contribution in [0.3, 0.4) is 0 Å². The van der Waals surface area contributed by atoms with Crippen molar-refractivity contribution in [1.82, 2.24) is 4.90 Å². The topological polar surface area (TPSA) is 32.7 Å². The van der Waals surface area contributed by atoms with Gasteiger partial charge in [0.25, 0.3) is 0 Å². The minimum absolute atomic E-state index is 0.189. The number of hydrogen-bond donors (Lipinski definition) is 1. The van der Waals surface area contributed by atoms with Crippen molar-refractivity contribution in [3.05, 3.63) is 0 Å². The molecule has 1 heterocycles. The molecule has 1 saturated heterocycles. The molecular weight excluding hydrogens is 226 g/mol. The van der Waals surface area contributed by atoms with Gasteiger partial charge in [0.15, 0.2) is 0 Å². The Bertz CT molecular complexity index is 249. The van der Waals surface area contributed by atoms with Crippen LogP contribution in [-0.4, -0.2) is 50.0 Å². The Morgan fingerprint density at radius 2 is 2.00 bits per heavy atom. The van der Waals surface area contributed by atoms with Crippen LogP contribution >= 0.6 is 0 Å². The van der Waals surface area contributed by atoms with E-state index >= 15 is 0 Å². The SMILES string of the molecule is COCC1CCN(CC2(CO)CCC(C)CC2)C1. The predicted octanol–water partition coefficient (Wildman–Crippen LogP) is 2.14. The maximum Gasteiger partial charge on any atom is 0.0503 e. The van der Waals surface area contributed by atoms with E-state index in [9.17, 15) is 5.11 Å². The van der Waals surface area contributed by atoms with Gasteiger partial charge in [-0.15, -0.1) is 0 Å². The molecule has 0 aromatic carbocycles. The Balaban J connectivity index is 1.83. The lowest BCUT2D eigenvalue weighted by atomic mass is 9.71. The fraction of sp³-hybridized carbons (Fsp3) is 1.00. The van der Waals surface area contributed by atoms with Crippen LogP contribution < -0.4 is 0 Å². The first-order valence-electron chi connectivity index (χ1n) is 7.49. The minimum Gasteiger partial charge on any atom is -0.396 e. The van der Waals surface area contributed by atoms with Gasteiger partial charge in [0.2, 0.25) is 0 Å². The Kier molecular flexibility index (Phi) is 5.05. The van der Waals surface area contributed by atoms with Crippen LogP contribution in [0.25, 0.3) is 0 Å². The largest absolute Gasteiger partial charge is 0.396 e. The Morgan fingerprint density at radius 1 is 1.28 bits per heavy atom. The smallest absolute Gasteiger partial charge is 0.0503 e. The van der Waals surface area contributed by atoms with Crippen LogP contribution in [0, 0.1) is 17.3 Å². The Labute approximate surface area is 112 Å². The van der Waals surface area contributed by atoms with Gasteiger partial charge in [0.05, 0.1) is 6.61 Å². The maximum atomic E-state index is 9.81. The third-order valence-corrected chi connectivity index (χ3v) is 5.00. The first kappa shape index (κ1) is 14.3. The standard InChI is InChI=1S/C15H29NO2/c1-13-3-6-15(12-17,7-4-13)11-16-8-5-14(9-16)10-18-2/h13-14,17H,3-12H2,1-2H3. The zero-order valence-corrected chi connectivity index (χ0v) is 12.0. The van der Waals surface area contributed by atoms with E-state index in [-0.39, 0.29) is 5.41 Å². The van der Waals surface area contributed by atoms with Crippen molar-refractivity contribution in [2.75, 3.05) is 40.0 Å². The number of ether oxygens (including phenoxy) is 1. The fourth-order valence-corrected chi connectivity index (χ4v) is 3.64. The molecule has 0 aromatic rings. The zero-order chi connectivity index (χ0) is 13.0. The molecule has 1 N–H and O–H groups in total. The van der Waals surface area contributed by atoms with Crippen molar-refractivity contribution < 1.29 is 9.84 Å². The first-order chi connectivity index (χ1) is 8.67. The van der Waals surface area contributed by atoms with E-state index in [1.165, 1.54) is 38.6 Å². The van der Waals surface area contributed by atoms with Gasteiger partial charge in [-0.05, 0) is 37.6 Å². The highest BCUT2D eigenvalue weighted by Crippen LogP contribution is 2.39. The van der Waals surface area contributed by atoms with E-state index in [2.05, 4.69) is 11.8 Å². The van der Waals surface area contributed by atoms with Gasteiger partial charge in [-0.1, -0.05) is 19.8 Å². The number of nitrogens with zero attached hydrogens (tertiary/aromatic N) is 1. The number of methoxy groups -OCH3 is 1. The van der Waals surface area contributed by atoms with Gasteiger partial charge < -0.3 is 14.7 Å². The number of aliphatic hydroxyl groups is 1. The predicted molar refractivity (Wildman–Crippen MR) is 73.6 cm³/mol. The summed E-state index contributed by atoms with van der Waals surface area (Å²) in [7, 11) is 1.79. The lowest BCUT2D eigenvalue weighted by molar-refractivity contribution is 0.0337. The fourth-order valence-electron chi connectivity index (χ4n) is 3.64. The minimum atomic E-state index is 0.189. The summed E-state index contributed by atoms with van der Waals surface area (Å²) in [4.78, 5) is 2.55. The number of aliphatic hydroxyl groups excluding tert-OH is 1. The van der Waals surface area contributed by atoms with Crippen molar-refractivity contribution >= 4 is 0 Å². The lowest BCUT2D eigenvalue weighted by Crippen LogP contribution is -2.41. The summed E-state index contributed by atoms with van der Waals surface area (Å²) in [5.74, 6) is 1.55. The van der Waals surface area contributed by atoms with Gasteiger partial charge in [0, 0.05) is 32.2 Å². The molecule has 1 saturated carbocycles. The molecule has 1 atom stereocenters. The van der Waals surface area contributed by atoms with Gasteiger partial charge in [-0.3, -0.25) is 0 Å². The van der Waals surface area contributed by atoms with Crippen LogP contribution in [0.15, 0.2) is 0 Å². The average molecular weight is 255 g/mol. The molecule has 0 aromatic heterocycles. The van der Waals surface area contributed by atoms with E-state index in [0.29, 0.717) is 12.5 Å². The van der Waals surface area contributed by atoms with Crippen LogP contribution in [-0.2, 0) is 4.74 Å². The highest BCUT2D eigenvalue weighted by atomic mass is 16.5. The first-order valence-corrected chi connectivity index (χ1v) is 7.49. The van der Waals surface area contributed by atoms with Crippen LogP contribution in [0.1, 0.15) is 39.0 Å². The molecule has 0 bridgehead atoms. The molecule has 2 fully saturated rings. The van der Waals surface area contributed by atoms with Crippen LogP contribution in [0.5, 0.6) is 0 Å². The van der Waals surface area contributed by atoms with Crippen LogP contribution in [0.4, 0.5) is 0 Å². The van der Waals surface area contributed by atoms with Crippen molar-refractivity contribution in [3.8, 4) is 0 Å². The molecule has 106 valence electrons. The van der Waals surface area contributed by atoms with Crippen molar-refractivity contribution in [2.24, 2.45) is 17.3 Å². The third kappa shape index (κ3) is 3.46. The molecule has 3 heteroatoms. The summed E-state index contributed by atoms with van der Waals surface area (Å²) >= 11 is 0. The second-order valence-electron chi connectivity index (χ2n) is 6.69. The summed E-state index contributed by atoms with van der Waals surface area (Å²) in [6, 6.07) is 0. The molecule has 2 rings (SSSR count). The van der Waals surface area contributed by atoms with E-state index in [0.717, 1.165) is 25.6 Å². The number of likely N-dealkylation sites (tertiary alicyclic amines) is 1. The van der Waals surface area contributed by atoms with Crippen LogP contribution in [0.2, 0.25) is 0 Å². The van der Waals surface area contributed by atoms with Crippen molar-refractivity contribution in [3.63, 3.8) is 0 Å². The monoisotopic (exact) mass is 255 g/mol. The summed E-state index contributed by atoms with van der Waals surface area (Å²) in [6.07, 6.45) is 6.24. The molecule has 0 radical (unpaired) electrons. The number of hydrogen-bond acceptors (Lipinski definition) is 3. The molecule has 0 spiro atoms. The highest BCUT2D eigenvalue weighted by Gasteiger charge is 2.37. The molecular formula is C15H29NO2. The van der Waals surface area contributed by atoms with Crippen molar-refractivity contribution in [2.45, 2.75) is 39.0 Å². The normalized spacial score (nSPS) is 38.2. The molecule has 3 nitrogen and oxygen atoms in total.